The Balaban J connectivity index is 1.71. The van der Waals surface area contributed by atoms with Gasteiger partial charge >= 0.3 is 0 Å². The maximum Gasteiger partial charge on any atom is 0.208 e. The third-order valence-corrected chi connectivity index (χ3v) is 4.40. The lowest BCUT2D eigenvalue weighted by atomic mass is 9.90. The molecule has 1 fully saturated rings. The highest BCUT2D eigenvalue weighted by Crippen LogP contribution is 2.21. The molecular formula is C16H29N3O. The van der Waals surface area contributed by atoms with Crippen molar-refractivity contribution in [1.82, 2.24) is 15.2 Å². The molecule has 0 aromatic carbocycles. The van der Waals surface area contributed by atoms with Gasteiger partial charge in [-0.1, -0.05) is 13.8 Å². The van der Waals surface area contributed by atoms with Crippen LogP contribution >= 0.6 is 0 Å². The Morgan fingerprint density at radius 3 is 2.75 bits per heavy atom. The average molecular weight is 279 g/mol. The van der Waals surface area contributed by atoms with Crippen LogP contribution in [0.1, 0.15) is 51.7 Å². The summed E-state index contributed by atoms with van der Waals surface area (Å²) in [7, 11) is 0. The molecule has 1 aliphatic heterocycles. The molecular weight excluding hydrogens is 250 g/mol. The minimum Gasteiger partial charge on any atom is -0.444 e. The van der Waals surface area contributed by atoms with Crippen molar-refractivity contribution in [3.8, 4) is 0 Å². The van der Waals surface area contributed by atoms with Crippen molar-refractivity contribution in [3.63, 3.8) is 0 Å². The van der Waals surface area contributed by atoms with Crippen molar-refractivity contribution in [3.05, 3.63) is 17.8 Å². The Morgan fingerprint density at radius 1 is 1.40 bits per heavy atom. The highest BCUT2D eigenvalue weighted by molar-refractivity contribution is 4.93. The number of likely N-dealkylation sites (tertiary alicyclic amines) is 1. The summed E-state index contributed by atoms with van der Waals surface area (Å²) in [4.78, 5) is 6.89. The number of nitrogens with one attached hydrogen (secondary N) is 1. The summed E-state index contributed by atoms with van der Waals surface area (Å²) in [5.74, 6) is 2.57. The normalized spacial score (nSPS) is 19.4. The zero-order chi connectivity index (χ0) is 14.4. The summed E-state index contributed by atoms with van der Waals surface area (Å²) in [6.07, 6.45) is 6.63. The Bertz CT molecular complexity index is 383. The Kier molecular flexibility index (Phi) is 6.05. The van der Waals surface area contributed by atoms with Crippen molar-refractivity contribution >= 4 is 0 Å². The number of hydrogen-bond acceptors (Lipinski definition) is 4. The fourth-order valence-electron chi connectivity index (χ4n) is 3.00. The molecule has 1 saturated heterocycles. The molecule has 114 valence electrons. The van der Waals surface area contributed by atoms with E-state index in [1.807, 2.05) is 6.20 Å². The van der Waals surface area contributed by atoms with Crippen LogP contribution in [0.25, 0.3) is 0 Å². The van der Waals surface area contributed by atoms with Crippen molar-refractivity contribution in [2.75, 3.05) is 19.6 Å². The zero-order valence-corrected chi connectivity index (χ0v) is 13.2. The summed E-state index contributed by atoms with van der Waals surface area (Å²) >= 11 is 0. The molecule has 1 aliphatic rings. The molecule has 1 unspecified atom stereocenters. The number of hydrogen-bond donors (Lipinski definition) is 1. The first-order chi connectivity index (χ1) is 9.72. The topological polar surface area (TPSA) is 41.3 Å². The van der Waals surface area contributed by atoms with Gasteiger partial charge in [0.1, 0.15) is 5.76 Å². The van der Waals surface area contributed by atoms with E-state index in [2.05, 4.69) is 36.0 Å². The van der Waals surface area contributed by atoms with E-state index in [1.54, 1.807) is 0 Å². The molecule has 0 radical (unpaired) electrons. The molecule has 2 heterocycles. The van der Waals surface area contributed by atoms with Gasteiger partial charge in [0.2, 0.25) is 5.89 Å². The molecule has 2 rings (SSSR count). The third kappa shape index (κ3) is 4.32. The number of piperidine rings is 1. The van der Waals surface area contributed by atoms with E-state index in [1.165, 1.54) is 38.9 Å². The van der Waals surface area contributed by atoms with Gasteiger partial charge in [0.25, 0.3) is 0 Å². The minimum absolute atomic E-state index is 0.538. The van der Waals surface area contributed by atoms with Crippen LogP contribution in [0.15, 0.2) is 10.6 Å². The fourth-order valence-corrected chi connectivity index (χ4v) is 3.00. The first-order valence-corrected chi connectivity index (χ1v) is 8.12. The second kappa shape index (κ2) is 7.79. The molecule has 0 amide bonds. The van der Waals surface area contributed by atoms with Gasteiger partial charge in [-0.25, -0.2) is 4.98 Å². The fraction of sp³-hybridized carbons (Fsp3) is 0.812. The van der Waals surface area contributed by atoms with Gasteiger partial charge in [-0.05, 0) is 51.7 Å². The van der Waals surface area contributed by atoms with Gasteiger partial charge in [0, 0.05) is 12.5 Å². The summed E-state index contributed by atoms with van der Waals surface area (Å²) in [6.45, 7) is 11.2. The maximum absolute atomic E-state index is 5.64. The number of aryl methyl sites for hydroxylation is 1. The molecule has 4 heteroatoms. The third-order valence-electron chi connectivity index (χ3n) is 4.40. The quantitative estimate of drug-likeness (QED) is 0.833. The highest BCUT2D eigenvalue weighted by Gasteiger charge is 2.23. The summed E-state index contributed by atoms with van der Waals surface area (Å²) in [5, 5.41) is 3.58. The van der Waals surface area contributed by atoms with Crippen LogP contribution in [0.5, 0.6) is 0 Å². The summed E-state index contributed by atoms with van der Waals surface area (Å²) < 4.78 is 5.64. The monoisotopic (exact) mass is 279 g/mol. The van der Waals surface area contributed by atoms with E-state index in [-0.39, 0.29) is 0 Å². The van der Waals surface area contributed by atoms with Crippen LogP contribution in [-0.2, 0) is 13.0 Å². The Hall–Kier alpha value is -0.870. The summed E-state index contributed by atoms with van der Waals surface area (Å²) in [6, 6.07) is 0.538. The number of rotatable bonds is 7. The van der Waals surface area contributed by atoms with Crippen molar-refractivity contribution in [2.45, 2.75) is 59.0 Å². The number of oxazole rings is 1. The second-order valence-corrected chi connectivity index (χ2v) is 5.92. The van der Waals surface area contributed by atoms with Crippen LogP contribution < -0.4 is 5.32 Å². The molecule has 4 nitrogen and oxygen atoms in total. The Morgan fingerprint density at radius 2 is 2.15 bits per heavy atom. The molecule has 1 N–H and O–H groups in total. The molecule has 20 heavy (non-hydrogen) atoms. The second-order valence-electron chi connectivity index (χ2n) is 5.92. The van der Waals surface area contributed by atoms with E-state index < -0.39 is 0 Å². The lowest BCUT2D eigenvalue weighted by Gasteiger charge is -2.34. The smallest absolute Gasteiger partial charge is 0.208 e. The lowest BCUT2D eigenvalue weighted by molar-refractivity contribution is 0.161. The molecule has 0 saturated carbocycles. The Labute approximate surface area is 122 Å². The molecule has 1 aromatic heterocycles. The summed E-state index contributed by atoms with van der Waals surface area (Å²) in [5.41, 5.74) is 0. The standard InChI is InChI=1S/C16H29N3O/c1-4-8-19-9-6-14(7-10-19)13(3)17-12-16-18-11-15(5-2)20-16/h11,13-14,17H,4-10,12H2,1-3H3. The van der Waals surface area contributed by atoms with Crippen LogP contribution in [0, 0.1) is 5.92 Å². The van der Waals surface area contributed by atoms with Crippen molar-refractivity contribution in [1.29, 1.82) is 0 Å². The first-order valence-electron chi connectivity index (χ1n) is 8.12. The van der Waals surface area contributed by atoms with Gasteiger partial charge in [-0.3, -0.25) is 0 Å². The van der Waals surface area contributed by atoms with E-state index in [4.69, 9.17) is 4.42 Å². The van der Waals surface area contributed by atoms with E-state index in [0.29, 0.717) is 6.04 Å². The molecule has 0 bridgehead atoms. The number of aromatic nitrogens is 1. The molecule has 1 atom stereocenters. The maximum atomic E-state index is 5.64. The van der Waals surface area contributed by atoms with Crippen molar-refractivity contribution < 1.29 is 4.42 Å². The van der Waals surface area contributed by atoms with Gasteiger partial charge in [0.15, 0.2) is 0 Å². The van der Waals surface area contributed by atoms with Gasteiger partial charge < -0.3 is 14.6 Å². The minimum atomic E-state index is 0.538. The van der Waals surface area contributed by atoms with Gasteiger partial charge in [0.05, 0.1) is 12.7 Å². The van der Waals surface area contributed by atoms with Crippen LogP contribution in [0.3, 0.4) is 0 Å². The lowest BCUT2D eigenvalue weighted by Crippen LogP contribution is -2.42. The van der Waals surface area contributed by atoms with E-state index in [0.717, 1.165) is 30.5 Å². The van der Waals surface area contributed by atoms with Gasteiger partial charge in [-0.2, -0.15) is 0 Å². The number of nitrogens with zero attached hydrogens (tertiary/aromatic N) is 2. The van der Waals surface area contributed by atoms with Crippen LogP contribution in [0.2, 0.25) is 0 Å². The predicted molar refractivity (Wildman–Crippen MR) is 81.6 cm³/mol. The largest absolute Gasteiger partial charge is 0.444 e. The molecule has 0 aliphatic carbocycles. The van der Waals surface area contributed by atoms with Gasteiger partial charge in [-0.15, -0.1) is 0 Å². The van der Waals surface area contributed by atoms with Crippen molar-refractivity contribution in [2.24, 2.45) is 5.92 Å². The average Bonchev–Trinajstić information content (AvgIpc) is 2.94. The SMILES string of the molecule is CCCN1CCC(C(C)NCc2ncc(CC)o2)CC1. The predicted octanol–water partition coefficient (Wildman–Crippen LogP) is 2.84. The van der Waals surface area contributed by atoms with E-state index in [9.17, 15) is 0 Å². The molecule has 1 aromatic rings. The first kappa shape index (κ1) is 15.5. The van der Waals surface area contributed by atoms with Crippen LogP contribution in [-0.4, -0.2) is 35.6 Å². The highest BCUT2D eigenvalue weighted by atomic mass is 16.4. The zero-order valence-electron chi connectivity index (χ0n) is 13.2. The van der Waals surface area contributed by atoms with E-state index >= 15 is 0 Å². The molecule has 0 spiro atoms. The van der Waals surface area contributed by atoms with Crippen LogP contribution in [0.4, 0.5) is 0 Å².